The summed E-state index contributed by atoms with van der Waals surface area (Å²) in [4.78, 5) is 0. The molecule has 0 aromatic heterocycles. The Kier molecular flexibility index (Phi) is 6.07. The molecule has 6 heteroatoms. The Balaban J connectivity index is 1.77. The first-order chi connectivity index (χ1) is 10.8. The molecule has 3 aliphatic rings. The third kappa shape index (κ3) is 3.63. The molecule has 3 atom stereocenters. The Morgan fingerprint density at radius 3 is 1.68 bits per heavy atom. The summed E-state index contributed by atoms with van der Waals surface area (Å²) in [5.41, 5.74) is -0.161. The van der Waals surface area contributed by atoms with Crippen LogP contribution in [0.1, 0.15) is 19.8 Å². The first kappa shape index (κ1) is 16.6. The van der Waals surface area contributed by atoms with Gasteiger partial charge in [0, 0.05) is 5.41 Å². The highest BCUT2D eigenvalue weighted by Crippen LogP contribution is 2.42. The van der Waals surface area contributed by atoms with Crippen molar-refractivity contribution >= 4 is 0 Å². The molecule has 22 heavy (non-hydrogen) atoms. The average molecular weight is 316 g/mol. The molecule has 0 spiro atoms. The van der Waals surface area contributed by atoms with E-state index in [1.54, 1.807) is 0 Å². The molecular weight excluding hydrogens is 288 g/mol. The molecule has 3 unspecified atom stereocenters. The van der Waals surface area contributed by atoms with Gasteiger partial charge in [0.15, 0.2) is 0 Å². The van der Waals surface area contributed by atoms with Gasteiger partial charge in [0.2, 0.25) is 0 Å². The van der Waals surface area contributed by atoms with Gasteiger partial charge in [-0.25, -0.2) is 0 Å². The maximum absolute atomic E-state index is 6.07. The lowest BCUT2D eigenvalue weighted by Gasteiger charge is -2.49. The van der Waals surface area contributed by atoms with Gasteiger partial charge in [0.05, 0.1) is 77.8 Å². The topological polar surface area (TPSA) is 55.4 Å². The van der Waals surface area contributed by atoms with Gasteiger partial charge in [-0.1, -0.05) is 6.92 Å². The number of hydrogen-bond acceptors (Lipinski definition) is 6. The van der Waals surface area contributed by atoms with Gasteiger partial charge in [0.1, 0.15) is 0 Å². The average Bonchev–Trinajstić information content (AvgIpc) is 2.62. The van der Waals surface area contributed by atoms with Gasteiger partial charge < -0.3 is 28.4 Å². The van der Waals surface area contributed by atoms with Crippen molar-refractivity contribution < 1.29 is 28.4 Å². The van der Waals surface area contributed by atoms with Crippen molar-refractivity contribution in [2.75, 3.05) is 59.5 Å². The van der Waals surface area contributed by atoms with Gasteiger partial charge in [0.25, 0.3) is 0 Å². The molecule has 0 saturated carbocycles. The predicted octanol–water partition coefficient (Wildman–Crippen LogP) is 1.02. The minimum atomic E-state index is -0.161. The summed E-state index contributed by atoms with van der Waals surface area (Å²) in [7, 11) is 0. The second-order valence-electron chi connectivity index (χ2n) is 6.23. The van der Waals surface area contributed by atoms with E-state index in [4.69, 9.17) is 28.4 Å². The fourth-order valence-electron chi connectivity index (χ4n) is 3.79. The second-order valence-corrected chi connectivity index (χ2v) is 6.23. The molecule has 3 aliphatic heterocycles. The van der Waals surface area contributed by atoms with E-state index in [1.807, 2.05) is 0 Å². The van der Waals surface area contributed by atoms with Gasteiger partial charge in [-0.2, -0.15) is 0 Å². The van der Waals surface area contributed by atoms with Crippen molar-refractivity contribution in [3.8, 4) is 0 Å². The Bertz CT molecular complexity index is 301. The Morgan fingerprint density at radius 2 is 1.27 bits per heavy atom. The molecular formula is C16H28O6. The molecule has 0 N–H and O–H groups in total. The van der Waals surface area contributed by atoms with E-state index < -0.39 is 0 Å². The molecule has 3 rings (SSSR count). The Hall–Kier alpha value is -0.240. The monoisotopic (exact) mass is 316 g/mol. The largest absolute Gasteiger partial charge is 0.376 e. The van der Waals surface area contributed by atoms with E-state index in [9.17, 15) is 0 Å². The van der Waals surface area contributed by atoms with Crippen molar-refractivity contribution in [2.24, 2.45) is 5.41 Å². The van der Waals surface area contributed by atoms with Crippen LogP contribution in [-0.4, -0.2) is 77.8 Å². The zero-order valence-electron chi connectivity index (χ0n) is 13.5. The molecule has 3 fully saturated rings. The number of rotatable bonds is 5. The van der Waals surface area contributed by atoms with Gasteiger partial charge in [-0.15, -0.1) is 0 Å². The van der Waals surface area contributed by atoms with E-state index >= 15 is 0 Å². The van der Waals surface area contributed by atoms with Crippen LogP contribution in [0.3, 0.4) is 0 Å². The van der Waals surface area contributed by atoms with Crippen molar-refractivity contribution in [1.82, 2.24) is 0 Å². The molecule has 6 nitrogen and oxygen atoms in total. The summed E-state index contributed by atoms with van der Waals surface area (Å²) < 4.78 is 35.0. The van der Waals surface area contributed by atoms with Crippen LogP contribution in [-0.2, 0) is 28.4 Å². The maximum atomic E-state index is 6.07. The highest BCUT2D eigenvalue weighted by Gasteiger charge is 2.49. The minimum Gasteiger partial charge on any atom is -0.376 e. The fraction of sp³-hybridized carbons (Fsp3) is 1.00. The van der Waals surface area contributed by atoms with Crippen LogP contribution in [0, 0.1) is 5.41 Å². The lowest BCUT2D eigenvalue weighted by Crippen LogP contribution is -2.56. The Labute approximate surface area is 132 Å². The number of hydrogen-bond donors (Lipinski definition) is 0. The maximum Gasteiger partial charge on any atom is 0.0892 e. The smallest absolute Gasteiger partial charge is 0.0892 e. The van der Waals surface area contributed by atoms with Gasteiger partial charge in [-0.3, -0.25) is 0 Å². The number of ether oxygens (including phenoxy) is 6. The molecule has 0 bridgehead atoms. The van der Waals surface area contributed by atoms with Crippen LogP contribution in [0.4, 0.5) is 0 Å². The zero-order chi connectivity index (χ0) is 15.3. The highest BCUT2D eigenvalue weighted by atomic mass is 16.6. The first-order valence-corrected chi connectivity index (χ1v) is 8.43. The minimum absolute atomic E-state index is 0.0171. The SMILES string of the molecule is CCC(CC1COCCO1)(C1COCCO1)C1COCCO1. The molecule has 0 aromatic carbocycles. The van der Waals surface area contributed by atoms with E-state index in [0.717, 1.165) is 12.8 Å². The van der Waals surface area contributed by atoms with E-state index in [2.05, 4.69) is 6.92 Å². The highest BCUT2D eigenvalue weighted by molar-refractivity contribution is 4.97. The first-order valence-electron chi connectivity index (χ1n) is 8.43. The molecule has 0 radical (unpaired) electrons. The zero-order valence-corrected chi connectivity index (χ0v) is 13.5. The van der Waals surface area contributed by atoms with Crippen molar-refractivity contribution in [3.63, 3.8) is 0 Å². The summed E-state index contributed by atoms with van der Waals surface area (Å²) in [5.74, 6) is 0. The summed E-state index contributed by atoms with van der Waals surface area (Å²) in [5, 5.41) is 0. The predicted molar refractivity (Wildman–Crippen MR) is 79.0 cm³/mol. The Morgan fingerprint density at radius 1 is 0.727 bits per heavy atom. The molecule has 0 aliphatic carbocycles. The molecule has 3 saturated heterocycles. The van der Waals surface area contributed by atoms with Crippen molar-refractivity contribution in [2.45, 2.75) is 38.1 Å². The third-order valence-electron chi connectivity index (χ3n) is 5.07. The second kappa shape index (κ2) is 8.04. The summed E-state index contributed by atoms with van der Waals surface area (Å²) in [6, 6.07) is 0. The summed E-state index contributed by atoms with van der Waals surface area (Å²) in [6.07, 6.45) is 1.91. The molecule has 0 aromatic rings. The fourth-order valence-corrected chi connectivity index (χ4v) is 3.79. The van der Waals surface area contributed by atoms with Crippen LogP contribution in [0.25, 0.3) is 0 Å². The lowest BCUT2D eigenvalue weighted by atomic mass is 9.70. The van der Waals surface area contributed by atoms with E-state index in [1.165, 1.54) is 0 Å². The van der Waals surface area contributed by atoms with Crippen LogP contribution in [0.5, 0.6) is 0 Å². The van der Waals surface area contributed by atoms with Crippen LogP contribution >= 0.6 is 0 Å². The van der Waals surface area contributed by atoms with Crippen molar-refractivity contribution in [1.29, 1.82) is 0 Å². The van der Waals surface area contributed by atoms with E-state index in [-0.39, 0.29) is 23.7 Å². The van der Waals surface area contributed by atoms with Crippen LogP contribution < -0.4 is 0 Å². The molecule has 0 amide bonds. The molecule has 128 valence electrons. The van der Waals surface area contributed by atoms with Gasteiger partial charge >= 0.3 is 0 Å². The summed E-state index contributed by atoms with van der Waals surface area (Å²) in [6.45, 7) is 8.02. The quantitative estimate of drug-likeness (QED) is 0.755. The third-order valence-corrected chi connectivity index (χ3v) is 5.07. The summed E-state index contributed by atoms with van der Waals surface area (Å²) >= 11 is 0. The van der Waals surface area contributed by atoms with Crippen LogP contribution in [0.2, 0.25) is 0 Å². The van der Waals surface area contributed by atoms with Crippen molar-refractivity contribution in [3.05, 3.63) is 0 Å². The van der Waals surface area contributed by atoms with Crippen LogP contribution in [0.15, 0.2) is 0 Å². The van der Waals surface area contributed by atoms with E-state index in [0.29, 0.717) is 59.5 Å². The van der Waals surface area contributed by atoms with Gasteiger partial charge in [-0.05, 0) is 12.8 Å². The normalized spacial score (nSPS) is 36.7. The lowest BCUT2D eigenvalue weighted by molar-refractivity contribution is -0.227. The molecule has 3 heterocycles. The standard InChI is InChI=1S/C16H28O6/c1-2-16(14-11-18-4-7-21-14,15-12-19-5-8-22-15)9-13-10-17-3-6-20-13/h13-15H,2-12H2,1H3.